The molecule has 1 atom stereocenters. The van der Waals surface area contributed by atoms with Crippen LogP contribution in [0.3, 0.4) is 0 Å². The van der Waals surface area contributed by atoms with Crippen molar-refractivity contribution in [3.63, 3.8) is 0 Å². The number of methoxy groups -OCH3 is 1. The molecule has 0 saturated carbocycles. The molecule has 0 bridgehead atoms. The van der Waals surface area contributed by atoms with Crippen LogP contribution in [0, 0.1) is 17.2 Å². The third kappa shape index (κ3) is 5.56. The second-order valence-corrected chi connectivity index (χ2v) is 8.22. The van der Waals surface area contributed by atoms with E-state index in [-0.39, 0.29) is 23.6 Å². The Hall–Kier alpha value is -2.90. The highest BCUT2D eigenvalue weighted by atomic mass is 32.2. The van der Waals surface area contributed by atoms with E-state index in [0.717, 1.165) is 0 Å². The summed E-state index contributed by atoms with van der Waals surface area (Å²) in [6, 6.07) is 7.62. The van der Waals surface area contributed by atoms with Crippen LogP contribution >= 0.6 is 0 Å². The van der Waals surface area contributed by atoms with Gasteiger partial charge < -0.3 is 14.8 Å². The number of piperidine rings is 1. The van der Waals surface area contributed by atoms with Crippen molar-refractivity contribution in [2.24, 2.45) is 5.92 Å². The van der Waals surface area contributed by atoms with Crippen molar-refractivity contribution >= 4 is 27.6 Å². The molecule has 0 radical (unpaired) electrons. The Morgan fingerprint density at radius 1 is 1.34 bits per heavy atom. The maximum atomic E-state index is 12.9. The Balaban J connectivity index is 2.11. The summed E-state index contributed by atoms with van der Waals surface area (Å²) in [5, 5.41) is 11.8. The van der Waals surface area contributed by atoms with Gasteiger partial charge in [0.25, 0.3) is 0 Å². The van der Waals surface area contributed by atoms with Gasteiger partial charge in [-0.1, -0.05) is 0 Å². The molecule has 1 fully saturated rings. The van der Waals surface area contributed by atoms with Crippen LogP contribution in [0.5, 0.6) is 0 Å². The van der Waals surface area contributed by atoms with Crippen LogP contribution in [-0.2, 0) is 29.1 Å². The first-order valence-corrected chi connectivity index (χ1v) is 10.5. The minimum absolute atomic E-state index is 0.0861. The normalized spacial score (nSPS) is 17.8. The lowest BCUT2D eigenvalue weighted by Crippen LogP contribution is -2.42. The van der Waals surface area contributed by atoms with Crippen LogP contribution < -0.4 is 5.32 Å². The number of ether oxygens (including phenoxy) is 2. The molecule has 0 amide bonds. The number of hydrogen-bond donors (Lipinski definition) is 1. The number of sulfonamides is 1. The number of esters is 2. The summed E-state index contributed by atoms with van der Waals surface area (Å²) in [7, 11) is -2.47. The zero-order valence-electron chi connectivity index (χ0n) is 16.3. The van der Waals surface area contributed by atoms with Gasteiger partial charge >= 0.3 is 11.9 Å². The average molecular weight is 421 g/mol. The molecule has 1 N–H and O–H groups in total. The monoisotopic (exact) mass is 421 g/mol. The fraction of sp³-hybridized carbons (Fsp3) is 0.421. The Morgan fingerprint density at radius 2 is 2.03 bits per heavy atom. The molecule has 1 aliphatic rings. The fourth-order valence-corrected chi connectivity index (χ4v) is 4.42. The number of nitriles is 1. The number of hydrogen-bond acceptors (Lipinski definition) is 8. The summed E-state index contributed by atoms with van der Waals surface area (Å²) in [5.74, 6) is -1.63. The number of benzene rings is 1. The lowest BCUT2D eigenvalue weighted by molar-refractivity contribution is -0.146. The molecule has 2 rings (SSSR count). The van der Waals surface area contributed by atoms with Gasteiger partial charge in [-0.3, -0.25) is 4.79 Å². The van der Waals surface area contributed by atoms with E-state index in [0.29, 0.717) is 25.1 Å². The Kier molecular flexibility index (Phi) is 7.75. The van der Waals surface area contributed by atoms with Gasteiger partial charge in [0.2, 0.25) is 10.0 Å². The molecule has 10 heteroatoms. The Bertz CT molecular complexity index is 918. The number of rotatable bonds is 7. The van der Waals surface area contributed by atoms with Crippen molar-refractivity contribution in [1.82, 2.24) is 4.31 Å². The second kappa shape index (κ2) is 10.0. The zero-order valence-corrected chi connectivity index (χ0v) is 17.1. The van der Waals surface area contributed by atoms with E-state index in [9.17, 15) is 18.0 Å². The summed E-state index contributed by atoms with van der Waals surface area (Å²) in [5.41, 5.74) is 0.290. The minimum Gasteiger partial charge on any atom is -0.469 e. The van der Waals surface area contributed by atoms with E-state index in [1.807, 2.05) is 0 Å². The van der Waals surface area contributed by atoms with Crippen molar-refractivity contribution in [2.75, 3.05) is 32.1 Å². The van der Waals surface area contributed by atoms with Crippen LogP contribution in [0.4, 0.5) is 5.69 Å². The molecular formula is C19H23N3O6S. The van der Waals surface area contributed by atoms with Crippen LogP contribution in [0.1, 0.15) is 19.8 Å². The average Bonchev–Trinajstić information content (AvgIpc) is 2.74. The molecule has 0 aliphatic carbocycles. The molecule has 29 heavy (non-hydrogen) atoms. The number of carbonyl (C=O) groups excluding carboxylic acids is 2. The van der Waals surface area contributed by atoms with Gasteiger partial charge in [0.05, 0.1) is 24.5 Å². The molecule has 1 aromatic rings. The highest BCUT2D eigenvalue weighted by Crippen LogP contribution is 2.25. The van der Waals surface area contributed by atoms with Gasteiger partial charge in [-0.2, -0.15) is 9.57 Å². The SMILES string of the molecule is CCOC(=O)/C(C#N)=C/Nc1ccc(S(=O)(=O)N2CCC[C@@H](C(=O)OC)C2)cc1. The van der Waals surface area contributed by atoms with Gasteiger partial charge in [-0.25, -0.2) is 13.2 Å². The Morgan fingerprint density at radius 3 is 2.62 bits per heavy atom. The smallest absolute Gasteiger partial charge is 0.350 e. The lowest BCUT2D eigenvalue weighted by Gasteiger charge is -2.30. The third-order valence-electron chi connectivity index (χ3n) is 4.41. The summed E-state index contributed by atoms with van der Waals surface area (Å²) >= 11 is 0. The zero-order chi connectivity index (χ0) is 21.4. The van der Waals surface area contributed by atoms with Gasteiger partial charge in [0.15, 0.2) is 5.57 Å². The maximum Gasteiger partial charge on any atom is 0.350 e. The van der Waals surface area contributed by atoms with Crippen molar-refractivity contribution < 1.29 is 27.5 Å². The topological polar surface area (TPSA) is 126 Å². The van der Waals surface area contributed by atoms with Crippen LogP contribution in [0.25, 0.3) is 0 Å². The predicted octanol–water partition coefficient (Wildman–Crippen LogP) is 1.64. The van der Waals surface area contributed by atoms with E-state index < -0.39 is 27.9 Å². The molecule has 9 nitrogen and oxygen atoms in total. The number of anilines is 1. The summed E-state index contributed by atoms with van der Waals surface area (Å²) < 4.78 is 36.5. The summed E-state index contributed by atoms with van der Waals surface area (Å²) in [6.07, 6.45) is 2.37. The minimum atomic E-state index is -3.75. The molecule has 156 valence electrons. The van der Waals surface area contributed by atoms with Gasteiger partial charge in [0.1, 0.15) is 6.07 Å². The first-order valence-electron chi connectivity index (χ1n) is 9.05. The van der Waals surface area contributed by atoms with E-state index in [4.69, 9.17) is 14.7 Å². The van der Waals surface area contributed by atoms with E-state index >= 15 is 0 Å². The second-order valence-electron chi connectivity index (χ2n) is 6.28. The van der Waals surface area contributed by atoms with Crippen molar-refractivity contribution in [3.05, 3.63) is 36.0 Å². The van der Waals surface area contributed by atoms with Crippen molar-refractivity contribution in [3.8, 4) is 6.07 Å². The molecule has 1 saturated heterocycles. The highest BCUT2D eigenvalue weighted by molar-refractivity contribution is 7.89. The quantitative estimate of drug-likeness (QED) is 0.400. The Labute approximate surface area is 169 Å². The maximum absolute atomic E-state index is 12.9. The molecule has 0 spiro atoms. The number of carbonyl (C=O) groups is 2. The molecule has 1 aliphatic heterocycles. The standard InChI is InChI=1S/C19H23N3O6S/c1-3-28-19(24)15(11-20)12-21-16-6-8-17(9-7-16)29(25,26)22-10-4-5-14(13-22)18(23)27-2/h6-9,12,14,21H,3-5,10,13H2,1-2H3/b15-12+/t14-/m1/s1. The third-order valence-corrected chi connectivity index (χ3v) is 6.29. The van der Waals surface area contributed by atoms with Gasteiger partial charge in [-0.15, -0.1) is 0 Å². The first kappa shape index (κ1) is 22.4. The van der Waals surface area contributed by atoms with Gasteiger partial charge in [0, 0.05) is 25.0 Å². The molecule has 1 aromatic carbocycles. The largest absolute Gasteiger partial charge is 0.469 e. The van der Waals surface area contributed by atoms with Crippen LogP contribution in [0.15, 0.2) is 40.9 Å². The van der Waals surface area contributed by atoms with E-state index in [2.05, 4.69) is 5.32 Å². The summed E-state index contributed by atoms with van der Waals surface area (Å²) in [4.78, 5) is 23.4. The van der Waals surface area contributed by atoms with Crippen LogP contribution in [-0.4, -0.2) is 51.5 Å². The van der Waals surface area contributed by atoms with Crippen molar-refractivity contribution in [1.29, 1.82) is 5.26 Å². The fourth-order valence-electron chi connectivity index (χ4n) is 2.89. The van der Waals surface area contributed by atoms with Crippen molar-refractivity contribution in [2.45, 2.75) is 24.7 Å². The molecule has 0 unspecified atom stereocenters. The highest BCUT2D eigenvalue weighted by Gasteiger charge is 2.33. The lowest BCUT2D eigenvalue weighted by atomic mass is 10.0. The molecule has 1 heterocycles. The van der Waals surface area contributed by atoms with Gasteiger partial charge in [-0.05, 0) is 44.0 Å². The van der Waals surface area contributed by atoms with E-state index in [1.54, 1.807) is 13.0 Å². The van der Waals surface area contributed by atoms with E-state index in [1.165, 1.54) is 41.9 Å². The van der Waals surface area contributed by atoms with Crippen LogP contribution in [0.2, 0.25) is 0 Å². The molecular weight excluding hydrogens is 398 g/mol. The predicted molar refractivity (Wildman–Crippen MR) is 104 cm³/mol. The number of nitrogens with zero attached hydrogens (tertiary/aromatic N) is 2. The molecule has 0 aromatic heterocycles. The first-order chi connectivity index (χ1) is 13.8. The summed E-state index contributed by atoms with van der Waals surface area (Å²) in [6.45, 7) is 2.21. The number of nitrogens with one attached hydrogen (secondary N) is 1.